The summed E-state index contributed by atoms with van der Waals surface area (Å²) in [5, 5.41) is 7.17. The van der Waals surface area contributed by atoms with E-state index in [1.165, 1.54) is 6.42 Å². The van der Waals surface area contributed by atoms with Crippen molar-refractivity contribution in [2.75, 3.05) is 0 Å². The molecule has 0 spiro atoms. The van der Waals surface area contributed by atoms with Crippen LogP contribution in [0.15, 0.2) is 0 Å². The minimum atomic E-state index is 0.379. The topological polar surface area (TPSA) is 33.6 Å². The van der Waals surface area contributed by atoms with Crippen LogP contribution >= 0.6 is 12.2 Å². The fourth-order valence-electron chi connectivity index (χ4n) is 2.26. The van der Waals surface area contributed by atoms with E-state index in [0.717, 1.165) is 23.6 Å². The molecule has 0 aliphatic heterocycles. The molecule has 1 heterocycles. The van der Waals surface area contributed by atoms with Gasteiger partial charge < -0.3 is 4.57 Å². The second kappa shape index (κ2) is 5.13. The van der Waals surface area contributed by atoms with Crippen molar-refractivity contribution in [3.63, 3.8) is 0 Å². The van der Waals surface area contributed by atoms with E-state index >= 15 is 0 Å². The fraction of sp³-hybridized carbons (Fsp3) is 0.833. The van der Waals surface area contributed by atoms with E-state index in [4.69, 9.17) is 12.2 Å². The van der Waals surface area contributed by atoms with E-state index in [9.17, 15) is 0 Å². The first-order valence-corrected chi connectivity index (χ1v) is 6.38. The average Bonchev–Trinajstić information content (AvgIpc) is 2.43. The predicted molar refractivity (Wildman–Crippen MR) is 70.0 cm³/mol. The Hall–Kier alpha value is -0.640. The molecule has 0 saturated carbocycles. The molecule has 1 N–H and O–H groups in total. The highest BCUT2D eigenvalue weighted by atomic mass is 32.1. The highest BCUT2D eigenvalue weighted by Crippen LogP contribution is 2.25. The highest BCUT2D eigenvalue weighted by Gasteiger charge is 2.17. The Bertz CT molecular complexity index is 384. The molecule has 4 heteroatoms. The highest BCUT2D eigenvalue weighted by molar-refractivity contribution is 7.71. The number of rotatable bonds is 4. The van der Waals surface area contributed by atoms with Crippen molar-refractivity contribution >= 4 is 12.2 Å². The molecule has 3 nitrogen and oxygen atoms in total. The summed E-state index contributed by atoms with van der Waals surface area (Å²) in [5.74, 6) is 1.72. The van der Waals surface area contributed by atoms with Gasteiger partial charge in [-0.05, 0) is 36.9 Å². The third-order valence-corrected chi connectivity index (χ3v) is 2.96. The maximum atomic E-state index is 5.18. The molecule has 0 saturated heterocycles. The van der Waals surface area contributed by atoms with Gasteiger partial charge in [-0.3, -0.25) is 5.10 Å². The van der Waals surface area contributed by atoms with E-state index in [2.05, 4.69) is 49.4 Å². The molecule has 1 unspecified atom stereocenters. The van der Waals surface area contributed by atoms with Gasteiger partial charge in [0.25, 0.3) is 0 Å². The van der Waals surface area contributed by atoms with Gasteiger partial charge >= 0.3 is 0 Å². The largest absolute Gasteiger partial charge is 0.304 e. The summed E-state index contributed by atoms with van der Waals surface area (Å²) in [6, 6.07) is 0. The lowest BCUT2D eigenvalue weighted by Crippen LogP contribution is -2.15. The van der Waals surface area contributed by atoms with Gasteiger partial charge in [0.15, 0.2) is 4.77 Å². The Morgan fingerprint density at radius 2 is 2.06 bits per heavy atom. The van der Waals surface area contributed by atoms with Crippen LogP contribution in [0.3, 0.4) is 0 Å². The molecule has 0 bridgehead atoms. The Kier molecular flexibility index (Phi) is 4.30. The summed E-state index contributed by atoms with van der Waals surface area (Å²) in [4.78, 5) is 0. The van der Waals surface area contributed by atoms with Gasteiger partial charge in [0.2, 0.25) is 0 Å². The molecule has 1 aromatic rings. The number of hydrogen-bond acceptors (Lipinski definition) is 2. The molecule has 16 heavy (non-hydrogen) atoms. The lowest BCUT2D eigenvalue weighted by atomic mass is 9.84. The molecule has 92 valence electrons. The number of aromatic nitrogens is 3. The van der Waals surface area contributed by atoms with Crippen LogP contribution in [-0.2, 0) is 13.0 Å². The zero-order chi connectivity index (χ0) is 12.3. The molecule has 0 aliphatic rings. The number of hydrogen-bond donors (Lipinski definition) is 1. The van der Waals surface area contributed by atoms with Crippen molar-refractivity contribution in [2.24, 2.45) is 11.3 Å². The van der Waals surface area contributed by atoms with Gasteiger partial charge in [-0.1, -0.05) is 27.7 Å². The van der Waals surface area contributed by atoms with Crippen LogP contribution in [0.1, 0.15) is 46.9 Å². The minimum absolute atomic E-state index is 0.379. The van der Waals surface area contributed by atoms with Gasteiger partial charge in [-0.25, -0.2) is 0 Å². The van der Waals surface area contributed by atoms with Crippen LogP contribution in [0.4, 0.5) is 0 Å². The minimum Gasteiger partial charge on any atom is -0.304 e. The molecular formula is C12H23N3S. The summed E-state index contributed by atoms with van der Waals surface area (Å²) in [6.45, 7) is 12.1. The molecule has 0 aromatic carbocycles. The van der Waals surface area contributed by atoms with E-state index in [0.29, 0.717) is 11.3 Å². The van der Waals surface area contributed by atoms with Gasteiger partial charge in [-0.15, -0.1) is 0 Å². The first kappa shape index (κ1) is 13.4. The van der Waals surface area contributed by atoms with Crippen LogP contribution in [-0.4, -0.2) is 14.8 Å². The Morgan fingerprint density at radius 1 is 1.44 bits per heavy atom. The first-order valence-electron chi connectivity index (χ1n) is 5.97. The van der Waals surface area contributed by atoms with E-state index in [-0.39, 0.29) is 0 Å². The number of nitrogens with one attached hydrogen (secondary N) is 1. The van der Waals surface area contributed by atoms with Crippen molar-refractivity contribution in [3.05, 3.63) is 10.6 Å². The van der Waals surface area contributed by atoms with Crippen molar-refractivity contribution in [1.82, 2.24) is 14.8 Å². The number of aromatic amines is 1. The third kappa shape index (κ3) is 3.74. The predicted octanol–water partition coefficient (Wildman–Crippen LogP) is 3.58. The zero-order valence-electron chi connectivity index (χ0n) is 11.0. The molecule has 1 aromatic heterocycles. The molecular weight excluding hydrogens is 218 g/mol. The van der Waals surface area contributed by atoms with E-state index in [1.54, 1.807) is 0 Å². The molecule has 0 amide bonds. The maximum absolute atomic E-state index is 5.18. The standard InChI is InChI=1S/C12H23N3S/c1-6-15-10(13-14-11(15)16)7-9(2)8-12(3,4)5/h9H,6-8H2,1-5H3,(H,14,16). The summed E-state index contributed by atoms with van der Waals surface area (Å²) >= 11 is 5.18. The second-order valence-electron chi connectivity index (χ2n) is 5.76. The molecule has 1 rings (SSSR count). The monoisotopic (exact) mass is 241 g/mol. The van der Waals surface area contributed by atoms with Crippen LogP contribution in [0.2, 0.25) is 0 Å². The van der Waals surface area contributed by atoms with Gasteiger partial charge in [-0.2, -0.15) is 5.10 Å². The van der Waals surface area contributed by atoms with Gasteiger partial charge in [0.1, 0.15) is 5.82 Å². The van der Waals surface area contributed by atoms with Crippen LogP contribution in [0.25, 0.3) is 0 Å². The number of nitrogens with zero attached hydrogens (tertiary/aromatic N) is 2. The molecule has 0 radical (unpaired) electrons. The van der Waals surface area contributed by atoms with E-state index < -0.39 is 0 Å². The van der Waals surface area contributed by atoms with Crippen LogP contribution in [0, 0.1) is 16.1 Å². The normalized spacial score (nSPS) is 14.1. The lowest BCUT2D eigenvalue weighted by Gasteiger charge is -2.22. The average molecular weight is 241 g/mol. The smallest absolute Gasteiger partial charge is 0.195 e. The Balaban J connectivity index is 2.70. The summed E-state index contributed by atoms with van der Waals surface area (Å²) in [7, 11) is 0. The summed E-state index contributed by atoms with van der Waals surface area (Å²) < 4.78 is 2.81. The van der Waals surface area contributed by atoms with Gasteiger partial charge in [0.05, 0.1) is 0 Å². The molecule has 0 aliphatic carbocycles. The van der Waals surface area contributed by atoms with Crippen molar-refractivity contribution in [3.8, 4) is 0 Å². The van der Waals surface area contributed by atoms with Crippen LogP contribution in [0.5, 0.6) is 0 Å². The Labute approximate surface area is 103 Å². The quantitative estimate of drug-likeness (QED) is 0.818. The van der Waals surface area contributed by atoms with Crippen molar-refractivity contribution < 1.29 is 0 Å². The van der Waals surface area contributed by atoms with Crippen molar-refractivity contribution in [1.29, 1.82) is 0 Å². The Morgan fingerprint density at radius 3 is 2.56 bits per heavy atom. The number of H-pyrrole nitrogens is 1. The van der Waals surface area contributed by atoms with Crippen LogP contribution < -0.4 is 0 Å². The SMILES string of the molecule is CCn1c(CC(C)CC(C)(C)C)n[nH]c1=S. The third-order valence-electron chi connectivity index (χ3n) is 2.65. The summed E-state index contributed by atoms with van der Waals surface area (Å²) in [6.07, 6.45) is 2.20. The fourth-order valence-corrected chi connectivity index (χ4v) is 2.54. The first-order chi connectivity index (χ1) is 7.33. The molecule has 1 atom stereocenters. The van der Waals surface area contributed by atoms with Crippen molar-refractivity contribution in [2.45, 2.75) is 54.0 Å². The van der Waals surface area contributed by atoms with E-state index in [1.807, 2.05) is 0 Å². The van der Waals surface area contributed by atoms with Gasteiger partial charge in [0, 0.05) is 13.0 Å². The zero-order valence-corrected chi connectivity index (χ0v) is 11.8. The second-order valence-corrected chi connectivity index (χ2v) is 6.15. The lowest BCUT2D eigenvalue weighted by molar-refractivity contribution is 0.302. The summed E-state index contributed by atoms with van der Waals surface area (Å²) in [5.41, 5.74) is 0.379. The maximum Gasteiger partial charge on any atom is 0.195 e. The molecule has 0 fully saturated rings.